The molecule has 6 nitrogen and oxygen atoms in total. The van der Waals surface area contributed by atoms with Gasteiger partial charge in [-0.3, -0.25) is 15.1 Å². The summed E-state index contributed by atoms with van der Waals surface area (Å²) in [6, 6.07) is 14.8. The Morgan fingerprint density at radius 2 is 1.68 bits per heavy atom. The number of aryl methyl sites for hydroxylation is 2. The highest BCUT2D eigenvalue weighted by Crippen LogP contribution is 2.36. The second kappa shape index (κ2) is 8.97. The van der Waals surface area contributed by atoms with Crippen molar-refractivity contribution in [2.45, 2.75) is 13.8 Å². The number of nitrogens with one attached hydrogen (secondary N) is 1. The molecule has 0 bridgehead atoms. The van der Waals surface area contributed by atoms with Gasteiger partial charge in [-0.05, 0) is 61.4 Å². The van der Waals surface area contributed by atoms with Gasteiger partial charge < -0.3 is 9.47 Å². The van der Waals surface area contributed by atoms with Crippen LogP contribution in [-0.2, 0) is 0 Å². The average Bonchev–Trinajstić information content (AvgIpc) is 3.22. The Morgan fingerprint density at radius 1 is 1.00 bits per heavy atom. The highest BCUT2D eigenvalue weighted by atomic mass is 32.1. The number of hydrogen-bond donors (Lipinski definition) is 1. The van der Waals surface area contributed by atoms with Crippen LogP contribution < -0.4 is 14.8 Å². The lowest BCUT2D eigenvalue weighted by molar-refractivity contribution is 0.102. The van der Waals surface area contributed by atoms with Crippen LogP contribution in [0.5, 0.6) is 17.2 Å². The predicted molar refractivity (Wildman–Crippen MR) is 122 cm³/mol. The molecular weight excluding hydrogens is 410 g/mol. The van der Waals surface area contributed by atoms with Gasteiger partial charge in [0, 0.05) is 28.9 Å². The van der Waals surface area contributed by atoms with Crippen LogP contribution in [0.3, 0.4) is 0 Å². The van der Waals surface area contributed by atoms with Gasteiger partial charge >= 0.3 is 0 Å². The second-order valence-electron chi connectivity index (χ2n) is 6.91. The van der Waals surface area contributed by atoms with E-state index >= 15 is 0 Å². The molecule has 2 aromatic carbocycles. The number of hydrogen-bond acceptors (Lipinski definition) is 6. The number of para-hydroxylation sites is 2. The molecule has 0 aliphatic rings. The van der Waals surface area contributed by atoms with Crippen molar-refractivity contribution in [1.29, 1.82) is 0 Å². The molecule has 0 atom stereocenters. The molecule has 0 spiro atoms. The van der Waals surface area contributed by atoms with Gasteiger partial charge in [0.25, 0.3) is 5.91 Å². The Balaban J connectivity index is 1.56. The largest absolute Gasteiger partial charge is 0.493 e. The number of anilines is 1. The average molecular weight is 432 g/mol. The molecule has 1 amide bonds. The van der Waals surface area contributed by atoms with Crippen LogP contribution in [0.1, 0.15) is 21.5 Å². The lowest BCUT2D eigenvalue weighted by Crippen LogP contribution is -2.11. The Bertz CT molecular complexity index is 1200. The van der Waals surface area contributed by atoms with E-state index in [9.17, 15) is 4.79 Å². The number of carbonyl (C=O) groups is 1. The molecule has 0 aliphatic carbocycles. The number of carbonyl (C=O) groups excluding carboxylic acids is 1. The minimum absolute atomic E-state index is 0.211. The van der Waals surface area contributed by atoms with Crippen molar-refractivity contribution in [3.8, 4) is 28.5 Å². The van der Waals surface area contributed by atoms with Gasteiger partial charge in [0.2, 0.25) is 0 Å². The normalized spacial score (nSPS) is 10.5. The van der Waals surface area contributed by atoms with E-state index in [1.807, 2.05) is 55.6 Å². The molecule has 156 valence electrons. The van der Waals surface area contributed by atoms with Crippen molar-refractivity contribution in [1.82, 2.24) is 9.97 Å². The third kappa shape index (κ3) is 4.57. The monoisotopic (exact) mass is 431 g/mol. The van der Waals surface area contributed by atoms with Gasteiger partial charge in [-0.2, -0.15) is 0 Å². The number of rotatable bonds is 6. The number of pyridine rings is 1. The topological polar surface area (TPSA) is 73.3 Å². The molecule has 2 aromatic heterocycles. The van der Waals surface area contributed by atoms with Gasteiger partial charge in [-0.25, -0.2) is 4.98 Å². The fourth-order valence-electron chi connectivity index (χ4n) is 3.34. The highest BCUT2D eigenvalue weighted by Gasteiger charge is 2.15. The summed E-state index contributed by atoms with van der Waals surface area (Å²) in [6.45, 7) is 4.04. The van der Waals surface area contributed by atoms with E-state index in [2.05, 4.69) is 15.3 Å². The summed E-state index contributed by atoms with van der Waals surface area (Å²) in [7, 11) is 1.62. The van der Waals surface area contributed by atoms with Crippen molar-refractivity contribution in [2.75, 3.05) is 12.4 Å². The zero-order chi connectivity index (χ0) is 21.8. The van der Waals surface area contributed by atoms with E-state index in [0.29, 0.717) is 22.2 Å². The van der Waals surface area contributed by atoms with Crippen LogP contribution in [0.2, 0.25) is 0 Å². The van der Waals surface area contributed by atoms with E-state index in [-0.39, 0.29) is 5.91 Å². The zero-order valence-electron chi connectivity index (χ0n) is 17.4. The molecule has 4 aromatic rings. The Morgan fingerprint density at radius 3 is 2.35 bits per heavy atom. The SMILES string of the molecule is COc1ccccc1Oc1cc(C)c(-c2csc(NC(=O)c3ccncc3)n2)c(C)c1. The number of nitrogens with zero attached hydrogens (tertiary/aromatic N) is 2. The lowest BCUT2D eigenvalue weighted by Gasteiger charge is -2.14. The standard InChI is InChI=1S/C24H21N3O3S/c1-15-12-18(30-21-7-5-4-6-20(21)29-3)13-16(2)22(15)19-14-31-24(26-19)27-23(28)17-8-10-25-11-9-17/h4-14H,1-3H3,(H,26,27,28). The minimum atomic E-state index is -0.211. The summed E-state index contributed by atoms with van der Waals surface area (Å²) < 4.78 is 11.4. The Labute approximate surface area is 184 Å². The van der Waals surface area contributed by atoms with Crippen LogP contribution in [0, 0.1) is 13.8 Å². The molecule has 0 fully saturated rings. The first kappa shape index (κ1) is 20.6. The number of benzene rings is 2. The van der Waals surface area contributed by atoms with Crippen molar-refractivity contribution in [3.63, 3.8) is 0 Å². The molecule has 0 radical (unpaired) electrons. The number of amides is 1. The predicted octanol–water partition coefficient (Wildman–Crippen LogP) is 5.88. The maximum atomic E-state index is 12.4. The van der Waals surface area contributed by atoms with E-state index in [0.717, 1.165) is 28.1 Å². The summed E-state index contributed by atoms with van der Waals surface area (Å²) in [4.78, 5) is 20.9. The van der Waals surface area contributed by atoms with Gasteiger partial charge in [0.15, 0.2) is 16.6 Å². The highest BCUT2D eigenvalue weighted by molar-refractivity contribution is 7.14. The van der Waals surface area contributed by atoms with Crippen LogP contribution >= 0.6 is 11.3 Å². The molecule has 7 heteroatoms. The first-order valence-electron chi connectivity index (χ1n) is 9.64. The van der Waals surface area contributed by atoms with E-state index in [1.54, 1.807) is 31.6 Å². The lowest BCUT2D eigenvalue weighted by atomic mass is 10.0. The summed E-state index contributed by atoms with van der Waals surface area (Å²) in [6.07, 6.45) is 3.17. The minimum Gasteiger partial charge on any atom is -0.493 e. The maximum Gasteiger partial charge on any atom is 0.257 e. The number of thiazole rings is 1. The van der Waals surface area contributed by atoms with Gasteiger partial charge in [-0.15, -0.1) is 11.3 Å². The van der Waals surface area contributed by atoms with Crippen LogP contribution in [0.4, 0.5) is 5.13 Å². The molecule has 0 unspecified atom stereocenters. The van der Waals surface area contributed by atoms with Crippen molar-refractivity contribution >= 4 is 22.4 Å². The quantitative estimate of drug-likeness (QED) is 0.413. The molecule has 4 rings (SSSR count). The van der Waals surface area contributed by atoms with E-state index in [4.69, 9.17) is 9.47 Å². The maximum absolute atomic E-state index is 12.4. The van der Waals surface area contributed by atoms with Gasteiger partial charge in [0.05, 0.1) is 12.8 Å². The first-order chi connectivity index (χ1) is 15.0. The third-order valence-corrected chi connectivity index (χ3v) is 5.48. The molecule has 31 heavy (non-hydrogen) atoms. The summed E-state index contributed by atoms with van der Waals surface area (Å²) >= 11 is 1.39. The summed E-state index contributed by atoms with van der Waals surface area (Å²) in [5.41, 5.74) is 4.43. The molecule has 2 heterocycles. The molecule has 0 aliphatic heterocycles. The number of aromatic nitrogens is 2. The second-order valence-corrected chi connectivity index (χ2v) is 7.77. The van der Waals surface area contributed by atoms with E-state index in [1.165, 1.54) is 11.3 Å². The van der Waals surface area contributed by atoms with Gasteiger partial charge in [0.1, 0.15) is 5.75 Å². The first-order valence-corrected chi connectivity index (χ1v) is 10.5. The van der Waals surface area contributed by atoms with Crippen LogP contribution in [0.25, 0.3) is 11.3 Å². The van der Waals surface area contributed by atoms with Crippen molar-refractivity contribution < 1.29 is 14.3 Å². The van der Waals surface area contributed by atoms with Gasteiger partial charge in [-0.1, -0.05) is 12.1 Å². The smallest absolute Gasteiger partial charge is 0.257 e. The fraction of sp³-hybridized carbons (Fsp3) is 0.125. The summed E-state index contributed by atoms with van der Waals surface area (Å²) in [5, 5.41) is 5.34. The van der Waals surface area contributed by atoms with Crippen molar-refractivity contribution in [3.05, 3.63) is 83.0 Å². The molecule has 1 N–H and O–H groups in total. The van der Waals surface area contributed by atoms with Crippen LogP contribution in [0.15, 0.2) is 66.3 Å². The third-order valence-electron chi connectivity index (χ3n) is 4.73. The number of methoxy groups -OCH3 is 1. The zero-order valence-corrected chi connectivity index (χ0v) is 18.2. The Hall–Kier alpha value is -3.71. The van der Waals surface area contributed by atoms with Crippen LogP contribution in [-0.4, -0.2) is 23.0 Å². The summed E-state index contributed by atoms with van der Waals surface area (Å²) in [5.74, 6) is 1.85. The molecule has 0 saturated heterocycles. The van der Waals surface area contributed by atoms with E-state index < -0.39 is 0 Å². The van der Waals surface area contributed by atoms with Crippen molar-refractivity contribution in [2.24, 2.45) is 0 Å². The number of ether oxygens (including phenoxy) is 2. The Kier molecular flexibility index (Phi) is 5.95. The molecule has 0 saturated carbocycles. The fourth-order valence-corrected chi connectivity index (χ4v) is 4.03. The molecular formula is C24H21N3O3S.